The predicted molar refractivity (Wildman–Crippen MR) is 96.9 cm³/mol. The number of halogens is 1. The molecule has 2 aromatic carbocycles. The van der Waals surface area contributed by atoms with Crippen LogP contribution >= 0.6 is 11.6 Å². The molecule has 5 nitrogen and oxygen atoms in total. The van der Waals surface area contributed by atoms with E-state index in [0.29, 0.717) is 29.0 Å². The number of hydrogen-bond donors (Lipinski definition) is 0. The van der Waals surface area contributed by atoms with Gasteiger partial charge >= 0.3 is 0 Å². The molecule has 0 saturated heterocycles. The topological polar surface area (TPSA) is 52.3 Å². The van der Waals surface area contributed by atoms with Gasteiger partial charge in [-0.25, -0.2) is 4.40 Å². The molecule has 6 heteroatoms. The summed E-state index contributed by atoms with van der Waals surface area (Å²) in [5, 5.41) is 9.13. The molecule has 0 bridgehead atoms. The maximum Gasteiger partial charge on any atom is 0.220 e. The third-order valence-corrected chi connectivity index (χ3v) is 4.12. The first-order chi connectivity index (χ1) is 12.3. The first-order valence-electron chi connectivity index (χ1n) is 7.93. The molecule has 0 spiro atoms. The van der Waals surface area contributed by atoms with Gasteiger partial charge in [0.1, 0.15) is 0 Å². The Balaban J connectivity index is 1.62. The summed E-state index contributed by atoms with van der Waals surface area (Å²) in [6.07, 6.45) is 4.16. The Bertz CT molecular complexity index is 983. The summed E-state index contributed by atoms with van der Waals surface area (Å²) >= 11 is 5.97. The molecule has 4 aromatic rings. The van der Waals surface area contributed by atoms with Gasteiger partial charge in [0.05, 0.1) is 19.0 Å². The Morgan fingerprint density at radius 2 is 1.72 bits per heavy atom. The fourth-order valence-corrected chi connectivity index (χ4v) is 2.75. The van der Waals surface area contributed by atoms with Crippen LogP contribution in [0.1, 0.15) is 5.56 Å². The maximum atomic E-state index is 5.97. The van der Waals surface area contributed by atoms with E-state index in [9.17, 15) is 0 Å². The molecule has 0 unspecified atom stereocenters. The van der Waals surface area contributed by atoms with Crippen molar-refractivity contribution in [2.24, 2.45) is 0 Å². The lowest BCUT2D eigenvalue weighted by molar-refractivity contribution is 0.304. The monoisotopic (exact) mass is 350 g/mol. The van der Waals surface area contributed by atoms with Crippen LogP contribution < -0.4 is 4.74 Å². The van der Waals surface area contributed by atoms with Crippen molar-refractivity contribution in [2.45, 2.75) is 6.42 Å². The Kier molecular flexibility index (Phi) is 4.31. The standard InChI is InChI=1S/C19H15ClN4O/c20-16-8-6-15(7-9-16)19-23-22-17-12-21-13-18(24(17)19)25-11-10-14-4-2-1-3-5-14/h1-9,12-13H,10-11H2. The predicted octanol–water partition coefficient (Wildman–Crippen LogP) is 4.07. The molecule has 0 amide bonds. The number of aromatic nitrogens is 4. The number of rotatable bonds is 5. The van der Waals surface area contributed by atoms with Gasteiger partial charge in [0.25, 0.3) is 0 Å². The second kappa shape index (κ2) is 6.91. The molecule has 2 aromatic heterocycles. The van der Waals surface area contributed by atoms with Crippen molar-refractivity contribution < 1.29 is 4.74 Å². The Morgan fingerprint density at radius 3 is 2.52 bits per heavy atom. The van der Waals surface area contributed by atoms with Crippen molar-refractivity contribution in [2.75, 3.05) is 6.61 Å². The van der Waals surface area contributed by atoms with Crippen molar-refractivity contribution in [1.29, 1.82) is 0 Å². The zero-order chi connectivity index (χ0) is 17.1. The van der Waals surface area contributed by atoms with Crippen LogP contribution in [0, 0.1) is 0 Å². The van der Waals surface area contributed by atoms with E-state index in [2.05, 4.69) is 27.3 Å². The van der Waals surface area contributed by atoms with Crippen molar-refractivity contribution in [1.82, 2.24) is 19.6 Å². The first kappa shape index (κ1) is 15.6. The van der Waals surface area contributed by atoms with E-state index < -0.39 is 0 Å². The van der Waals surface area contributed by atoms with E-state index in [1.54, 1.807) is 12.4 Å². The highest BCUT2D eigenvalue weighted by atomic mass is 35.5. The van der Waals surface area contributed by atoms with Crippen LogP contribution in [0.4, 0.5) is 0 Å². The van der Waals surface area contributed by atoms with Crippen LogP contribution in [0.5, 0.6) is 5.88 Å². The smallest absolute Gasteiger partial charge is 0.220 e. The summed E-state index contributed by atoms with van der Waals surface area (Å²) in [5.74, 6) is 1.31. The van der Waals surface area contributed by atoms with Crippen LogP contribution in [-0.2, 0) is 6.42 Å². The molecule has 0 aliphatic carbocycles. The summed E-state index contributed by atoms with van der Waals surface area (Å²) in [7, 11) is 0. The van der Waals surface area contributed by atoms with Gasteiger partial charge in [-0.1, -0.05) is 41.9 Å². The van der Waals surface area contributed by atoms with Crippen LogP contribution in [0.3, 0.4) is 0 Å². The lowest BCUT2D eigenvalue weighted by Gasteiger charge is -2.09. The summed E-state index contributed by atoms with van der Waals surface area (Å²) < 4.78 is 7.82. The summed E-state index contributed by atoms with van der Waals surface area (Å²) in [6, 6.07) is 17.7. The minimum absolute atomic E-state index is 0.545. The molecule has 0 aliphatic heterocycles. The SMILES string of the molecule is Clc1ccc(-c2nnc3cncc(OCCc4ccccc4)n23)cc1. The molecule has 0 aliphatic rings. The van der Waals surface area contributed by atoms with Gasteiger partial charge < -0.3 is 4.74 Å². The van der Waals surface area contributed by atoms with Gasteiger partial charge in [-0.15, -0.1) is 10.2 Å². The Morgan fingerprint density at radius 1 is 0.920 bits per heavy atom. The highest BCUT2D eigenvalue weighted by Gasteiger charge is 2.13. The fraction of sp³-hybridized carbons (Fsp3) is 0.105. The summed E-state index contributed by atoms with van der Waals surface area (Å²) in [6.45, 7) is 0.545. The van der Waals surface area contributed by atoms with Crippen LogP contribution in [0.2, 0.25) is 5.02 Å². The van der Waals surface area contributed by atoms with Gasteiger partial charge in [-0.05, 0) is 29.8 Å². The van der Waals surface area contributed by atoms with E-state index in [1.807, 2.05) is 46.9 Å². The van der Waals surface area contributed by atoms with Gasteiger partial charge in [-0.3, -0.25) is 4.98 Å². The zero-order valence-corrected chi connectivity index (χ0v) is 14.1. The third-order valence-electron chi connectivity index (χ3n) is 3.87. The molecule has 2 heterocycles. The average Bonchev–Trinajstić information content (AvgIpc) is 3.08. The average molecular weight is 351 g/mol. The minimum atomic E-state index is 0.545. The minimum Gasteiger partial charge on any atom is -0.477 e. The molecule has 0 saturated carbocycles. The third kappa shape index (κ3) is 3.32. The highest BCUT2D eigenvalue weighted by molar-refractivity contribution is 6.30. The highest BCUT2D eigenvalue weighted by Crippen LogP contribution is 2.24. The first-order valence-corrected chi connectivity index (χ1v) is 8.31. The van der Waals surface area contributed by atoms with E-state index in [1.165, 1.54) is 5.56 Å². The lowest BCUT2D eigenvalue weighted by Crippen LogP contribution is -2.06. The maximum absolute atomic E-state index is 5.97. The van der Waals surface area contributed by atoms with Crippen molar-refractivity contribution >= 4 is 17.2 Å². The van der Waals surface area contributed by atoms with Crippen molar-refractivity contribution in [3.63, 3.8) is 0 Å². The Hall–Kier alpha value is -2.92. The van der Waals surface area contributed by atoms with E-state index >= 15 is 0 Å². The second-order valence-corrected chi connectivity index (χ2v) is 5.99. The van der Waals surface area contributed by atoms with Crippen LogP contribution in [0.25, 0.3) is 17.0 Å². The lowest BCUT2D eigenvalue weighted by atomic mass is 10.2. The van der Waals surface area contributed by atoms with Gasteiger partial charge in [-0.2, -0.15) is 0 Å². The molecule has 25 heavy (non-hydrogen) atoms. The molecule has 0 N–H and O–H groups in total. The fourth-order valence-electron chi connectivity index (χ4n) is 2.63. The number of nitrogens with zero attached hydrogens (tertiary/aromatic N) is 4. The van der Waals surface area contributed by atoms with E-state index in [-0.39, 0.29) is 0 Å². The molecule has 124 valence electrons. The van der Waals surface area contributed by atoms with E-state index in [0.717, 1.165) is 12.0 Å². The van der Waals surface area contributed by atoms with E-state index in [4.69, 9.17) is 16.3 Å². The number of benzene rings is 2. The number of hydrogen-bond acceptors (Lipinski definition) is 4. The zero-order valence-electron chi connectivity index (χ0n) is 13.3. The normalized spacial score (nSPS) is 10.9. The quantitative estimate of drug-likeness (QED) is 0.544. The molecule has 0 atom stereocenters. The molecular formula is C19H15ClN4O. The molecule has 4 rings (SSSR count). The Labute approximate surface area is 149 Å². The number of fused-ring (bicyclic) bond motifs is 1. The summed E-state index contributed by atoms with van der Waals surface area (Å²) in [5.41, 5.74) is 2.78. The summed E-state index contributed by atoms with van der Waals surface area (Å²) in [4.78, 5) is 4.19. The largest absolute Gasteiger partial charge is 0.477 e. The van der Waals surface area contributed by atoms with Crippen molar-refractivity contribution in [3.8, 4) is 17.3 Å². The molecule has 0 fully saturated rings. The van der Waals surface area contributed by atoms with Gasteiger partial charge in [0.2, 0.25) is 5.88 Å². The molecule has 0 radical (unpaired) electrons. The number of ether oxygens (including phenoxy) is 1. The van der Waals surface area contributed by atoms with Gasteiger partial charge in [0.15, 0.2) is 11.5 Å². The van der Waals surface area contributed by atoms with Crippen LogP contribution in [0.15, 0.2) is 67.0 Å². The second-order valence-electron chi connectivity index (χ2n) is 5.55. The van der Waals surface area contributed by atoms with Crippen molar-refractivity contribution in [3.05, 3.63) is 77.6 Å². The molecular weight excluding hydrogens is 336 g/mol. The van der Waals surface area contributed by atoms with Crippen LogP contribution in [-0.4, -0.2) is 26.2 Å². The van der Waals surface area contributed by atoms with Gasteiger partial charge in [0, 0.05) is 17.0 Å².